The Labute approximate surface area is 167 Å². The first kappa shape index (κ1) is 18.3. The summed E-state index contributed by atoms with van der Waals surface area (Å²) < 4.78 is 1.63. The number of ketones is 1. The first-order valence-electron chi connectivity index (χ1n) is 8.99. The van der Waals surface area contributed by atoms with Gasteiger partial charge in [0.1, 0.15) is 12.1 Å². The highest BCUT2D eigenvalue weighted by molar-refractivity contribution is 6.31. The lowest BCUT2D eigenvalue weighted by Crippen LogP contribution is -2.25. The van der Waals surface area contributed by atoms with Gasteiger partial charge in [-0.2, -0.15) is 0 Å². The second kappa shape index (κ2) is 7.13. The van der Waals surface area contributed by atoms with E-state index in [2.05, 4.69) is 10.3 Å². The van der Waals surface area contributed by atoms with Gasteiger partial charge in [-0.1, -0.05) is 29.8 Å². The van der Waals surface area contributed by atoms with Crippen LogP contribution in [0, 0.1) is 6.92 Å². The molecule has 2 aromatic carbocycles. The van der Waals surface area contributed by atoms with Crippen LogP contribution in [0.4, 0.5) is 5.82 Å². The summed E-state index contributed by atoms with van der Waals surface area (Å²) in [6.07, 6.45) is 3.54. The molecule has 1 heterocycles. The summed E-state index contributed by atoms with van der Waals surface area (Å²) in [6.45, 7) is 1.91. The van der Waals surface area contributed by atoms with Crippen molar-refractivity contribution in [1.29, 1.82) is 0 Å². The maximum atomic E-state index is 12.8. The molecule has 6 nitrogen and oxygen atoms in total. The van der Waals surface area contributed by atoms with Crippen LogP contribution < -0.4 is 11.1 Å². The van der Waals surface area contributed by atoms with E-state index in [1.54, 1.807) is 41.0 Å². The third-order valence-corrected chi connectivity index (χ3v) is 4.98. The Hall–Kier alpha value is -3.12. The topological polar surface area (TPSA) is 90.0 Å². The smallest absolute Gasteiger partial charge is 0.251 e. The van der Waals surface area contributed by atoms with Crippen LogP contribution in [0.2, 0.25) is 5.02 Å². The fraction of sp³-hybridized carbons (Fsp3) is 0.190. The molecule has 1 fully saturated rings. The first-order valence-corrected chi connectivity index (χ1v) is 9.37. The molecule has 3 aromatic rings. The van der Waals surface area contributed by atoms with Gasteiger partial charge in [0.15, 0.2) is 5.69 Å². The zero-order chi connectivity index (χ0) is 19.8. The van der Waals surface area contributed by atoms with Gasteiger partial charge in [0.05, 0.1) is 5.69 Å². The minimum absolute atomic E-state index is 0.113. The number of imidazole rings is 1. The summed E-state index contributed by atoms with van der Waals surface area (Å²) in [5.74, 6) is -0.204. The Morgan fingerprint density at radius 1 is 1.18 bits per heavy atom. The van der Waals surface area contributed by atoms with Gasteiger partial charge >= 0.3 is 0 Å². The minimum Gasteiger partial charge on any atom is -0.383 e. The highest BCUT2D eigenvalue weighted by atomic mass is 35.5. The molecule has 4 rings (SSSR count). The predicted octanol–water partition coefficient (Wildman–Crippen LogP) is 3.54. The van der Waals surface area contributed by atoms with Crippen molar-refractivity contribution in [2.24, 2.45) is 0 Å². The van der Waals surface area contributed by atoms with E-state index in [1.807, 2.05) is 13.0 Å². The average Bonchev–Trinajstić information content (AvgIpc) is 3.41. The molecule has 0 aliphatic heterocycles. The third kappa shape index (κ3) is 3.51. The largest absolute Gasteiger partial charge is 0.383 e. The van der Waals surface area contributed by atoms with Crippen LogP contribution in [-0.2, 0) is 0 Å². The summed E-state index contributed by atoms with van der Waals surface area (Å²) in [5, 5.41) is 3.44. The zero-order valence-electron chi connectivity index (χ0n) is 15.3. The summed E-state index contributed by atoms with van der Waals surface area (Å²) in [4.78, 5) is 29.4. The van der Waals surface area contributed by atoms with Crippen molar-refractivity contribution in [1.82, 2.24) is 14.9 Å². The maximum Gasteiger partial charge on any atom is 0.251 e. The number of nitrogen functional groups attached to an aromatic ring is 1. The number of anilines is 1. The zero-order valence-corrected chi connectivity index (χ0v) is 16.0. The number of hydrogen-bond acceptors (Lipinski definition) is 4. The Bertz CT molecular complexity index is 1090. The molecule has 0 atom stereocenters. The summed E-state index contributed by atoms with van der Waals surface area (Å²) in [6, 6.07) is 12.3. The second-order valence-corrected chi connectivity index (χ2v) is 7.37. The van der Waals surface area contributed by atoms with Gasteiger partial charge in [0, 0.05) is 22.2 Å². The second-order valence-electron chi connectivity index (χ2n) is 6.94. The number of carbonyl (C=O) groups excluding carboxylic acids is 2. The van der Waals surface area contributed by atoms with Gasteiger partial charge in [0.25, 0.3) is 5.91 Å². The summed E-state index contributed by atoms with van der Waals surface area (Å²) >= 11 is 5.98. The van der Waals surface area contributed by atoms with E-state index in [4.69, 9.17) is 17.3 Å². The lowest BCUT2D eigenvalue weighted by molar-refractivity contribution is 0.0950. The number of rotatable bonds is 5. The lowest BCUT2D eigenvalue weighted by Gasteiger charge is -2.12. The van der Waals surface area contributed by atoms with Crippen LogP contribution in [0.15, 0.2) is 48.8 Å². The van der Waals surface area contributed by atoms with E-state index in [9.17, 15) is 9.59 Å². The standard InChI is InChI=1S/C21H19ClN4O2/c1-12-5-6-14(21(28)25-16-7-8-16)10-17(12)26-11-24-18(20(26)23)19(27)13-3-2-4-15(22)9-13/h2-6,9-11,16H,7-8,23H2,1H3,(H,25,28). The summed E-state index contributed by atoms with van der Waals surface area (Å²) in [7, 11) is 0. The third-order valence-electron chi connectivity index (χ3n) is 4.75. The highest BCUT2D eigenvalue weighted by Gasteiger charge is 2.24. The molecular weight excluding hydrogens is 376 g/mol. The van der Waals surface area contributed by atoms with Gasteiger partial charge < -0.3 is 11.1 Å². The SMILES string of the molecule is Cc1ccc(C(=O)NC2CC2)cc1-n1cnc(C(=O)c2cccc(Cl)c2)c1N. The normalized spacial score (nSPS) is 13.4. The van der Waals surface area contributed by atoms with E-state index in [1.165, 1.54) is 6.33 Å². The van der Waals surface area contributed by atoms with Gasteiger partial charge in [-0.3, -0.25) is 14.2 Å². The minimum atomic E-state index is -0.306. The predicted molar refractivity (Wildman–Crippen MR) is 108 cm³/mol. The molecular formula is C21H19ClN4O2. The number of aryl methyl sites for hydroxylation is 1. The molecule has 1 aliphatic carbocycles. The number of carbonyl (C=O) groups is 2. The fourth-order valence-corrected chi connectivity index (χ4v) is 3.19. The van der Waals surface area contributed by atoms with Gasteiger partial charge in [-0.15, -0.1) is 0 Å². The van der Waals surface area contributed by atoms with Gasteiger partial charge in [-0.25, -0.2) is 4.98 Å². The van der Waals surface area contributed by atoms with E-state index in [0.717, 1.165) is 18.4 Å². The van der Waals surface area contributed by atoms with Crippen LogP contribution in [0.3, 0.4) is 0 Å². The molecule has 1 aliphatic rings. The number of nitrogens with one attached hydrogen (secondary N) is 1. The molecule has 3 N–H and O–H groups in total. The van der Waals surface area contributed by atoms with Crippen molar-refractivity contribution in [3.63, 3.8) is 0 Å². The molecule has 0 unspecified atom stereocenters. The van der Waals surface area contributed by atoms with Crippen molar-refractivity contribution in [2.75, 3.05) is 5.73 Å². The van der Waals surface area contributed by atoms with Crippen LogP contribution in [0.5, 0.6) is 0 Å². The monoisotopic (exact) mass is 394 g/mol. The number of nitrogens with two attached hydrogens (primary N) is 1. The van der Waals surface area contributed by atoms with Gasteiger partial charge in [0.2, 0.25) is 5.78 Å². The Kier molecular flexibility index (Phi) is 4.65. The molecule has 142 valence electrons. The summed E-state index contributed by atoms with van der Waals surface area (Å²) in [5.41, 5.74) is 8.97. The quantitative estimate of drug-likeness (QED) is 0.647. The van der Waals surface area contributed by atoms with Crippen molar-refractivity contribution >= 4 is 29.1 Å². The van der Waals surface area contributed by atoms with E-state index in [-0.39, 0.29) is 29.2 Å². The van der Waals surface area contributed by atoms with Crippen molar-refractivity contribution < 1.29 is 9.59 Å². The van der Waals surface area contributed by atoms with Crippen LogP contribution in [0.1, 0.15) is 44.8 Å². The molecule has 28 heavy (non-hydrogen) atoms. The average molecular weight is 395 g/mol. The lowest BCUT2D eigenvalue weighted by atomic mass is 10.1. The maximum absolute atomic E-state index is 12.8. The molecule has 0 radical (unpaired) electrons. The Morgan fingerprint density at radius 2 is 1.96 bits per heavy atom. The molecule has 0 spiro atoms. The molecule has 0 bridgehead atoms. The number of benzene rings is 2. The van der Waals surface area contributed by atoms with E-state index in [0.29, 0.717) is 21.8 Å². The van der Waals surface area contributed by atoms with Crippen LogP contribution in [-0.4, -0.2) is 27.3 Å². The fourth-order valence-electron chi connectivity index (χ4n) is 3.00. The number of nitrogens with zero attached hydrogens (tertiary/aromatic N) is 2. The van der Waals surface area contributed by atoms with Gasteiger partial charge in [-0.05, 0) is 49.6 Å². The van der Waals surface area contributed by atoms with Crippen molar-refractivity contribution in [3.05, 3.63) is 76.2 Å². The van der Waals surface area contributed by atoms with Crippen LogP contribution in [0.25, 0.3) is 5.69 Å². The number of amides is 1. The number of aromatic nitrogens is 2. The molecule has 1 aromatic heterocycles. The first-order chi connectivity index (χ1) is 13.4. The van der Waals surface area contributed by atoms with Crippen LogP contribution >= 0.6 is 11.6 Å². The number of hydrogen-bond donors (Lipinski definition) is 2. The molecule has 1 saturated carbocycles. The molecule has 1 amide bonds. The Morgan fingerprint density at radius 3 is 2.68 bits per heavy atom. The molecule has 7 heteroatoms. The highest BCUT2D eigenvalue weighted by Crippen LogP contribution is 2.25. The van der Waals surface area contributed by atoms with E-state index >= 15 is 0 Å². The number of halogens is 1. The van der Waals surface area contributed by atoms with E-state index < -0.39 is 0 Å². The van der Waals surface area contributed by atoms with Crippen molar-refractivity contribution in [2.45, 2.75) is 25.8 Å². The molecule has 0 saturated heterocycles. The Balaban J connectivity index is 1.68. The van der Waals surface area contributed by atoms with Crippen molar-refractivity contribution in [3.8, 4) is 5.69 Å².